The Morgan fingerprint density at radius 3 is 2.12 bits per heavy atom. The van der Waals surface area contributed by atoms with Crippen LogP contribution in [0.5, 0.6) is 23.0 Å². The van der Waals surface area contributed by atoms with Crippen LogP contribution >= 0.6 is 23.2 Å². The molecule has 0 fully saturated rings. The molecule has 1 N–H and O–H groups in total. The first-order chi connectivity index (χ1) is 15.8. The summed E-state index contributed by atoms with van der Waals surface area (Å²) in [6, 6.07) is 4.87. The first-order valence-electron chi connectivity index (χ1n) is 9.99. The first kappa shape index (κ1) is 26.2. The molecule has 0 saturated heterocycles. The molecule has 2 aromatic carbocycles. The summed E-state index contributed by atoms with van der Waals surface area (Å²) < 4.78 is 21.5. The van der Waals surface area contributed by atoms with E-state index >= 15 is 0 Å². The van der Waals surface area contributed by atoms with Gasteiger partial charge >= 0.3 is 0 Å². The summed E-state index contributed by atoms with van der Waals surface area (Å²) in [7, 11) is 2.85. The van der Waals surface area contributed by atoms with Crippen LogP contribution in [-0.2, 0) is 9.59 Å². The average molecular weight is 498 g/mol. The van der Waals surface area contributed by atoms with Gasteiger partial charge in [0.25, 0.3) is 5.91 Å². The van der Waals surface area contributed by atoms with E-state index in [-0.39, 0.29) is 27.2 Å². The van der Waals surface area contributed by atoms with Crippen LogP contribution in [0.1, 0.15) is 20.8 Å². The lowest BCUT2D eigenvalue weighted by atomic mass is 10.2. The number of ketones is 1. The van der Waals surface area contributed by atoms with E-state index in [0.717, 1.165) is 0 Å². The Labute approximate surface area is 202 Å². The van der Waals surface area contributed by atoms with Gasteiger partial charge in [-0.1, -0.05) is 23.2 Å². The molecule has 1 unspecified atom stereocenters. The van der Waals surface area contributed by atoms with E-state index < -0.39 is 17.7 Å². The SMILES string of the molecule is CCOc1ccc(N=NC(C(C)=O)C(=O)Nc2c(OC)ccc(OC)c2Cl)c(Cl)c1OCC. The molecule has 1 atom stereocenters. The second-order valence-corrected chi connectivity index (χ2v) is 7.22. The molecular formula is C22H25Cl2N3O6. The third-order valence-electron chi connectivity index (χ3n) is 4.30. The van der Waals surface area contributed by atoms with E-state index in [1.54, 1.807) is 31.2 Å². The van der Waals surface area contributed by atoms with Crippen LogP contribution in [0.2, 0.25) is 10.0 Å². The molecule has 0 aliphatic rings. The molecular weight excluding hydrogens is 473 g/mol. The van der Waals surface area contributed by atoms with Gasteiger partial charge in [0.15, 0.2) is 17.3 Å². The van der Waals surface area contributed by atoms with Crippen molar-refractivity contribution in [3.05, 3.63) is 34.3 Å². The molecule has 1 amide bonds. The second kappa shape index (κ2) is 12.3. The quantitative estimate of drug-likeness (QED) is 0.324. The number of amides is 1. The number of ether oxygens (including phenoxy) is 4. The third-order valence-corrected chi connectivity index (χ3v) is 5.04. The number of hydrogen-bond donors (Lipinski definition) is 1. The minimum atomic E-state index is -1.46. The van der Waals surface area contributed by atoms with Crippen LogP contribution in [0, 0.1) is 0 Å². The Bertz CT molecular complexity index is 1050. The number of Topliss-reactive ketones (excluding diaryl/α,β-unsaturated/α-hetero) is 1. The van der Waals surface area contributed by atoms with Crippen molar-refractivity contribution < 1.29 is 28.5 Å². The number of azo groups is 1. The predicted molar refractivity (Wildman–Crippen MR) is 126 cm³/mol. The molecule has 2 aromatic rings. The third kappa shape index (κ3) is 6.27. The molecule has 0 aromatic heterocycles. The topological polar surface area (TPSA) is 108 Å². The van der Waals surface area contributed by atoms with Crippen molar-refractivity contribution in [1.29, 1.82) is 0 Å². The monoisotopic (exact) mass is 497 g/mol. The summed E-state index contributed by atoms with van der Waals surface area (Å²) in [5.41, 5.74) is 0.349. The Morgan fingerprint density at radius 2 is 1.55 bits per heavy atom. The maximum atomic E-state index is 12.9. The summed E-state index contributed by atoms with van der Waals surface area (Å²) in [4.78, 5) is 25.0. The van der Waals surface area contributed by atoms with E-state index in [9.17, 15) is 9.59 Å². The van der Waals surface area contributed by atoms with Crippen LogP contribution in [0.25, 0.3) is 0 Å². The zero-order chi connectivity index (χ0) is 24.5. The zero-order valence-corrected chi connectivity index (χ0v) is 20.4. The number of benzene rings is 2. The lowest BCUT2D eigenvalue weighted by molar-refractivity contribution is -0.126. The number of anilines is 1. The molecule has 0 bridgehead atoms. The average Bonchev–Trinajstić information content (AvgIpc) is 2.78. The minimum absolute atomic E-state index is 0.111. The van der Waals surface area contributed by atoms with Crippen LogP contribution in [0.3, 0.4) is 0 Å². The summed E-state index contributed by atoms with van der Waals surface area (Å²) in [5, 5.41) is 10.8. The van der Waals surface area contributed by atoms with Crippen LogP contribution in [0.15, 0.2) is 34.5 Å². The fraction of sp³-hybridized carbons (Fsp3) is 0.364. The van der Waals surface area contributed by atoms with Crippen LogP contribution in [0.4, 0.5) is 11.4 Å². The molecule has 0 spiro atoms. The first-order valence-corrected chi connectivity index (χ1v) is 10.7. The van der Waals surface area contributed by atoms with E-state index in [1.807, 2.05) is 6.92 Å². The molecule has 9 nitrogen and oxygen atoms in total. The number of nitrogens with zero attached hydrogens (tertiary/aromatic N) is 2. The van der Waals surface area contributed by atoms with Gasteiger partial charge in [0, 0.05) is 0 Å². The van der Waals surface area contributed by atoms with Gasteiger partial charge in [-0.2, -0.15) is 10.2 Å². The molecule has 0 aliphatic heterocycles. The highest BCUT2D eigenvalue weighted by molar-refractivity contribution is 6.36. The van der Waals surface area contributed by atoms with Crippen molar-refractivity contribution in [2.24, 2.45) is 10.2 Å². The maximum Gasteiger partial charge on any atom is 0.258 e. The molecule has 0 aliphatic carbocycles. The molecule has 178 valence electrons. The van der Waals surface area contributed by atoms with Gasteiger partial charge in [-0.25, -0.2) is 0 Å². The summed E-state index contributed by atoms with van der Waals surface area (Å²) >= 11 is 12.7. The number of methoxy groups -OCH3 is 2. The largest absolute Gasteiger partial charge is 0.495 e. The number of carbonyl (C=O) groups is 2. The fourth-order valence-corrected chi connectivity index (χ4v) is 3.30. The standard InChI is InChI=1S/C22H25Cl2N3O6/c1-6-32-16-9-8-13(17(23)21(16)33-7-2)26-27-19(12(3)28)22(29)25-20-15(31-5)11-10-14(30-4)18(20)24/h8-11,19H,6-7H2,1-5H3,(H,25,29). The van der Waals surface area contributed by atoms with Crippen molar-refractivity contribution in [1.82, 2.24) is 0 Å². The molecule has 33 heavy (non-hydrogen) atoms. The Hall–Kier alpha value is -3.04. The molecule has 0 heterocycles. The van der Waals surface area contributed by atoms with Gasteiger partial charge in [0.2, 0.25) is 6.04 Å². The van der Waals surface area contributed by atoms with Crippen molar-refractivity contribution in [3.63, 3.8) is 0 Å². The summed E-state index contributed by atoms with van der Waals surface area (Å²) in [6.45, 7) is 5.62. The van der Waals surface area contributed by atoms with Crippen molar-refractivity contribution in [2.45, 2.75) is 26.8 Å². The van der Waals surface area contributed by atoms with E-state index in [2.05, 4.69) is 15.5 Å². The fourth-order valence-electron chi connectivity index (χ4n) is 2.77. The van der Waals surface area contributed by atoms with Crippen molar-refractivity contribution >= 4 is 46.3 Å². The van der Waals surface area contributed by atoms with Crippen LogP contribution in [-0.4, -0.2) is 45.2 Å². The van der Waals surface area contributed by atoms with Gasteiger partial charge in [0.05, 0.1) is 27.4 Å². The molecule has 0 radical (unpaired) electrons. The van der Waals surface area contributed by atoms with Gasteiger partial charge in [-0.15, -0.1) is 0 Å². The lowest BCUT2D eigenvalue weighted by Crippen LogP contribution is -2.32. The number of nitrogens with one attached hydrogen (secondary N) is 1. The van der Waals surface area contributed by atoms with E-state index in [1.165, 1.54) is 21.1 Å². The highest BCUT2D eigenvalue weighted by atomic mass is 35.5. The normalized spacial score (nSPS) is 11.7. The Morgan fingerprint density at radius 1 is 0.939 bits per heavy atom. The Kier molecular flexibility index (Phi) is 9.74. The molecule has 2 rings (SSSR count). The maximum absolute atomic E-state index is 12.9. The van der Waals surface area contributed by atoms with Crippen molar-refractivity contribution in [3.8, 4) is 23.0 Å². The molecule has 0 saturated carbocycles. The van der Waals surface area contributed by atoms with Gasteiger partial charge in [-0.05, 0) is 45.0 Å². The summed E-state index contributed by atoms with van der Waals surface area (Å²) in [5.74, 6) is 0.0499. The zero-order valence-electron chi connectivity index (χ0n) is 18.9. The Balaban J connectivity index is 2.37. The number of hydrogen-bond acceptors (Lipinski definition) is 8. The second-order valence-electron chi connectivity index (χ2n) is 6.47. The van der Waals surface area contributed by atoms with E-state index in [0.29, 0.717) is 30.5 Å². The number of carbonyl (C=O) groups excluding carboxylic acids is 2. The highest BCUT2D eigenvalue weighted by Crippen LogP contribution is 2.42. The number of rotatable bonds is 11. The summed E-state index contributed by atoms with van der Waals surface area (Å²) in [6.07, 6.45) is 0. The van der Waals surface area contributed by atoms with Gasteiger partial charge < -0.3 is 24.3 Å². The number of halogens is 2. The lowest BCUT2D eigenvalue weighted by Gasteiger charge is -2.16. The smallest absolute Gasteiger partial charge is 0.258 e. The highest BCUT2D eigenvalue weighted by Gasteiger charge is 2.26. The van der Waals surface area contributed by atoms with Crippen LogP contribution < -0.4 is 24.3 Å². The van der Waals surface area contributed by atoms with Gasteiger partial charge in [0.1, 0.15) is 32.9 Å². The minimum Gasteiger partial charge on any atom is -0.495 e. The predicted octanol–water partition coefficient (Wildman–Crippen LogP) is 5.49. The van der Waals surface area contributed by atoms with Gasteiger partial charge in [-0.3, -0.25) is 9.59 Å². The van der Waals surface area contributed by atoms with E-state index in [4.69, 9.17) is 42.1 Å². The van der Waals surface area contributed by atoms with Crippen molar-refractivity contribution in [2.75, 3.05) is 32.8 Å². The molecule has 11 heteroatoms.